The van der Waals surface area contributed by atoms with Crippen LogP contribution in [0.5, 0.6) is 0 Å². The molecule has 0 aliphatic heterocycles. The topological polar surface area (TPSA) is 13.1 Å². The van der Waals surface area contributed by atoms with Crippen molar-refractivity contribution in [3.8, 4) is 0 Å². The summed E-state index contributed by atoms with van der Waals surface area (Å²) in [5.41, 5.74) is 3.73. The molecule has 0 radical (unpaired) electrons. The molecule has 0 saturated carbocycles. The van der Waals surface area contributed by atoms with Gasteiger partial charge < -0.3 is 4.42 Å². The van der Waals surface area contributed by atoms with Crippen LogP contribution in [0.3, 0.4) is 0 Å². The van der Waals surface area contributed by atoms with Crippen LogP contribution in [0, 0.1) is 23.7 Å². The molecule has 4 aliphatic carbocycles. The number of benzene rings is 3. The molecule has 3 aromatic carbocycles. The van der Waals surface area contributed by atoms with Gasteiger partial charge in [0.15, 0.2) is 0 Å². The van der Waals surface area contributed by atoms with Gasteiger partial charge in [-0.05, 0) is 50.9 Å². The summed E-state index contributed by atoms with van der Waals surface area (Å²) in [5.74, 6) is -1.98. The molecule has 0 N–H and O–H groups in total. The molecule has 0 fully saturated rings. The van der Waals surface area contributed by atoms with Gasteiger partial charge >= 0.3 is 0 Å². The van der Waals surface area contributed by atoms with Crippen LogP contribution in [0.25, 0.3) is 33.1 Å². The molecule has 0 amide bonds. The predicted octanol–water partition coefficient (Wildman–Crippen LogP) is 7.16. The summed E-state index contributed by atoms with van der Waals surface area (Å²) in [4.78, 5) is 0. The summed E-state index contributed by atoms with van der Waals surface area (Å²) in [6, 6.07) is 11.0. The minimum absolute atomic E-state index is 0.0112. The van der Waals surface area contributed by atoms with E-state index in [2.05, 4.69) is 18.2 Å². The van der Waals surface area contributed by atoms with Gasteiger partial charge in [0.1, 0.15) is 11.2 Å². The zero-order chi connectivity index (χ0) is 31.3. The molecular formula is C36H26O. The summed E-state index contributed by atoms with van der Waals surface area (Å²) in [7, 11) is 0. The third kappa shape index (κ3) is 3.10. The Kier molecular flexibility index (Phi) is 3.14. The lowest BCUT2D eigenvalue weighted by molar-refractivity contribution is 0.611. The number of para-hydroxylation sites is 1. The molecule has 1 aromatic heterocycles. The molecule has 37 heavy (non-hydrogen) atoms. The first kappa shape index (κ1) is 14.4. The average Bonchev–Trinajstić information content (AvgIpc) is 3.44. The van der Waals surface area contributed by atoms with Crippen molar-refractivity contribution in [2.45, 2.75) is 0 Å². The number of hydrogen-bond donors (Lipinski definition) is 0. The Bertz CT molecular complexity index is 2330. The third-order valence-electron chi connectivity index (χ3n) is 7.84. The fraction of sp³-hybridized carbons (Fsp3) is 0.111. The monoisotopic (exact) mass is 482 g/mol. The maximum atomic E-state index is 9.27. The van der Waals surface area contributed by atoms with Gasteiger partial charge in [0, 0.05) is 34.4 Å². The number of fused-ring (bicyclic) bond motifs is 6. The fourth-order valence-electron chi connectivity index (χ4n) is 6.23. The highest BCUT2D eigenvalue weighted by atomic mass is 16.3. The summed E-state index contributed by atoms with van der Waals surface area (Å²) >= 11 is 0. The lowest BCUT2D eigenvalue weighted by atomic mass is 9.66. The van der Waals surface area contributed by atoms with Crippen molar-refractivity contribution in [1.82, 2.24) is 0 Å². The van der Waals surface area contributed by atoms with Crippen LogP contribution in [0.1, 0.15) is 16.5 Å². The zero-order valence-corrected chi connectivity index (χ0v) is 19.8. The number of furan rings is 1. The molecule has 176 valence electrons. The van der Waals surface area contributed by atoms with Crippen LogP contribution < -0.4 is 10.4 Å². The lowest BCUT2D eigenvalue weighted by Gasteiger charge is -2.37. The quantitative estimate of drug-likeness (QED) is 0.295. The van der Waals surface area contributed by atoms with Crippen LogP contribution >= 0.6 is 0 Å². The minimum Gasteiger partial charge on any atom is -0.456 e. The van der Waals surface area contributed by atoms with E-state index in [1.54, 1.807) is 0 Å². The van der Waals surface area contributed by atoms with Crippen LogP contribution in [0.4, 0.5) is 0 Å². The second-order valence-corrected chi connectivity index (χ2v) is 9.76. The second-order valence-electron chi connectivity index (χ2n) is 9.76. The van der Waals surface area contributed by atoms with Gasteiger partial charge in [0.2, 0.25) is 0 Å². The summed E-state index contributed by atoms with van der Waals surface area (Å²) < 4.78 is 77.9. The van der Waals surface area contributed by atoms with E-state index in [0.29, 0.717) is 27.9 Å². The standard InChI is InChI=1S/C36H26O/c1-2-12-25-23(10-1)11-9-18-27(25)36-30-16-5-3-14-28(30)35(29-15-4-6-17-31(29)36)24-20-21-34-32(22-24)26-13-7-8-19-33(26)37-34/h1-23,25,28,30H/i3D,4D,5D,6D,14D,15D,16D,17D. The first-order chi connectivity index (χ1) is 21.7. The predicted molar refractivity (Wildman–Crippen MR) is 153 cm³/mol. The summed E-state index contributed by atoms with van der Waals surface area (Å²) in [5, 5.41) is 2.25. The normalized spacial score (nSPS) is 29.5. The summed E-state index contributed by atoms with van der Waals surface area (Å²) in [6.07, 6.45) is 14.0. The van der Waals surface area contributed by atoms with Crippen LogP contribution in [-0.4, -0.2) is 0 Å². The first-order valence-corrected chi connectivity index (χ1v) is 12.5. The zero-order valence-electron chi connectivity index (χ0n) is 27.8. The smallest absolute Gasteiger partial charge is 0.135 e. The minimum atomic E-state index is -0.926. The number of hydrogen-bond acceptors (Lipinski definition) is 1. The van der Waals surface area contributed by atoms with Gasteiger partial charge in [-0.3, -0.25) is 0 Å². The second kappa shape index (κ2) is 8.08. The van der Waals surface area contributed by atoms with E-state index in [1.807, 2.05) is 66.8 Å². The number of rotatable bonds is 2. The van der Waals surface area contributed by atoms with Crippen molar-refractivity contribution in [2.75, 3.05) is 0 Å². The Labute approximate surface area is 227 Å². The van der Waals surface area contributed by atoms with Gasteiger partial charge in [-0.25, -0.2) is 0 Å². The number of allylic oxidation sites excluding steroid dienone is 12. The Hall–Kier alpha value is -4.36. The van der Waals surface area contributed by atoms with E-state index in [9.17, 15) is 5.48 Å². The van der Waals surface area contributed by atoms with Crippen LogP contribution in [-0.2, 0) is 0 Å². The molecule has 0 bridgehead atoms. The maximum Gasteiger partial charge on any atom is 0.135 e. The Balaban J connectivity index is 1.59. The molecule has 1 nitrogen and oxygen atoms in total. The van der Waals surface area contributed by atoms with Gasteiger partial charge in [-0.15, -0.1) is 0 Å². The van der Waals surface area contributed by atoms with Crippen molar-refractivity contribution >= 4 is 33.1 Å². The van der Waals surface area contributed by atoms with Crippen LogP contribution in [0.15, 0.2) is 143 Å². The van der Waals surface area contributed by atoms with Crippen molar-refractivity contribution in [3.05, 3.63) is 155 Å². The fourth-order valence-corrected chi connectivity index (χ4v) is 6.23. The molecule has 0 spiro atoms. The Morgan fingerprint density at radius 2 is 1.41 bits per heavy atom. The van der Waals surface area contributed by atoms with Gasteiger partial charge in [0.25, 0.3) is 0 Å². The maximum absolute atomic E-state index is 9.27. The van der Waals surface area contributed by atoms with Crippen molar-refractivity contribution in [3.63, 3.8) is 0 Å². The average molecular weight is 483 g/mol. The highest BCUT2D eigenvalue weighted by Crippen LogP contribution is 2.45. The molecule has 4 aromatic rings. The highest BCUT2D eigenvalue weighted by Gasteiger charge is 2.36. The molecule has 0 saturated heterocycles. The van der Waals surface area contributed by atoms with E-state index in [-0.39, 0.29) is 70.7 Å². The lowest BCUT2D eigenvalue weighted by Crippen LogP contribution is -2.41. The van der Waals surface area contributed by atoms with E-state index < -0.39 is 11.8 Å². The van der Waals surface area contributed by atoms with Gasteiger partial charge in [0.05, 0.1) is 11.0 Å². The van der Waals surface area contributed by atoms with Crippen LogP contribution in [0.2, 0.25) is 0 Å². The van der Waals surface area contributed by atoms with Crippen molar-refractivity contribution in [1.29, 1.82) is 0 Å². The van der Waals surface area contributed by atoms with Gasteiger partial charge in [-0.2, -0.15) is 0 Å². The van der Waals surface area contributed by atoms with Crippen molar-refractivity contribution in [2.24, 2.45) is 23.7 Å². The van der Waals surface area contributed by atoms with Crippen molar-refractivity contribution < 1.29 is 15.4 Å². The van der Waals surface area contributed by atoms with E-state index in [4.69, 9.17) is 9.90 Å². The first-order valence-electron chi connectivity index (χ1n) is 16.5. The third-order valence-corrected chi connectivity index (χ3v) is 7.84. The molecule has 8 rings (SSSR count). The molecule has 1 heteroatoms. The summed E-state index contributed by atoms with van der Waals surface area (Å²) in [6.45, 7) is 0. The highest BCUT2D eigenvalue weighted by molar-refractivity contribution is 6.06. The Morgan fingerprint density at radius 3 is 2.30 bits per heavy atom. The van der Waals surface area contributed by atoms with E-state index in [1.165, 1.54) is 0 Å². The molecule has 4 unspecified atom stereocenters. The molecule has 4 atom stereocenters. The molecule has 1 heterocycles. The van der Waals surface area contributed by atoms with Gasteiger partial charge in [-0.1, -0.05) is 115 Å². The molecular weight excluding hydrogens is 448 g/mol. The Morgan fingerprint density at radius 1 is 0.676 bits per heavy atom. The van der Waals surface area contributed by atoms with E-state index in [0.717, 1.165) is 16.3 Å². The SMILES string of the molecule is [2H]C1=C([2H])C2C(C3=CC=CC4C=CC=CC34)=c3c([2H])c([2H])c([2H])c([2H])c3=C(c3ccc4oc5ccccc5c4c3)C2C([2H])=C1[2H]. The largest absolute Gasteiger partial charge is 0.456 e. The van der Waals surface area contributed by atoms with E-state index >= 15 is 0 Å². The molecule has 4 aliphatic rings.